The fourth-order valence-corrected chi connectivity index (χ4v) is 4.20. The highest BCUT2D eigenvalue weighted by atomic mass is 32.1. The molecule has 2 amide bonds. The van der Waals surface area contributed by atoms with Crippen molar-refractivity contribution in [3.8, 4) is 17.2 Å². The van der Waals surface area contributed by atoms with E-state index in [4.69, 9.17) is 18.9 Å². The van der Waals surface area contributed by atoms with Crippen LogP contribution in [-0.2, 0) is 9.53 Å². The summed E-state index contributed by atoms with van der Waals surface area (Å²) in [6.07, 6.45) is 2.87. The van der Waals surface area contributed by atoms with Crippen molar-refractivity contribution in [1.29, 1.82) is 0 Å². The Hall–Kier alpha value is -3.53. The van der Waals surface area contributed by atoms with Gasteiger partial charge in [0.2, 0.25) is 11.7 Å². The van der Waals surface area contributed by atoms with Gasteiger partial charge in [0.05, 0.1) is 38.4 Å². The summed E-state index contributed by atoms with van der Waals surface area (Å²) in [6.45, 7) is 3.50. The van der Waals surface area contributed by atoms with E-state index in [1.165, 1.54) is 32.3 Å². The minimum atomic E-state index is -0.604. The lowest BCUT2D eigenvalue weighted by molar-refractivity contribution is -0.111. The first kappa shape index (κ1) is 25.7. The van der Waals surface area contributed by atoms with Gasteiger partial charge in [0.1, 0.15) is 5.00 Å². The predicted octanol–water partition coefficient (Wildman–Crippen LogP) is 3.61. The van der Waals surface area contributed by atoms with E-state index in [1.807, 2.05) is 0 Å². The largest absolute Gasteiger partial charge is 0.493 e. The highest BCUT2D eigenvalue weighted by molar-refractivity contribution is 7.18. The third-order valence-electron chi connectivity index (χ3n) is 4.58. The summed E-state index contributed by atoms with van der Waals surface area (Å²) in [5, 5.41) is 2.93. The van der Waals surface area contributed by atoms with Crippen molar-refractivity contribution in [2.24, 2.45) is 0 Å². The van der Waals surface area contributed by atoms with Crippen LogP contribution in [0.1, 0.15) is 38.1 Å². The maximum Gasteiger partial charge on any atom is 0.341 e. The monoisotopic (exact) mass is 476 g/mol. The molecule has 0 saturated heterocycles. The highest BCUT2D eigenvalue weighted by Crippen LogP contribution is 2.38. The molecule has 1 heterocycles. The lowest BCUT2D eigenvalue weighted by Crippen LogP contribution is -2.21. The van der Waals surface area contributed by atoms with Crippen LogP contribution in [0, 0.1) is 6.92 Å². The first-order chi connectivity index (χ1) is 15.7. The summed E-state index contributed by atoms with van der Waals surface area (Å²) in [4.78, 5) is 39.4. The molecule has 0 radical (unpaired) electrons. The molecule has 9 nitrogen and oxygen atoms in total. The first-order valence-electron chi connectivity index (χ1n) is 9.99. The van der Waals surface area contributed by atoms with Crippen LogP contribution in [-0.4, -0.2) is 64.7 Å². The lowest BCUT2D eigenvalue weighted by atomic mass is 10.1. The van der Waals surface area contributed by atoms with Gasteiger partial charge in [0.15, 0.2) is 11.5 Å². The SMILES string of the molecule is CCOC(=O)c1c(NC(=O)C=Cc2cc(OC)c(OC)c(OC)c2)sc(C(=O)N(C)C)c1C. The van der Waals surface area contributed by atoms with E-state index < -0.39 is 11.9 Å². The van der Waals surface area contributed by atoms with Crippen LogP contribution < -0.4 is 19.5 Å². The zero-order chi connectivity index (χ0) is 24.7. The molecule has 1 aromatic carbocycles. The molecule has 2 aromatic rings. The minimum Gasteiger partial charge on any atom is -0.493 e. The standard InChI is InChI=1S/C23H28N2O7S/c1-8-32-23(28)18-13(2)20(22(27)25(3)4)33-21(18)24-17(26)10-9-14-11-15(29-5)19(31-7)16(12-14)30-6/h9-12H,8H2,1-7H3,(H,24,26). The molecule has 2 rings (SSSR count). The van der Waals surface area contributed by atoms with Crippen molar-refractivity contribution in [2.75, 3.05) is 47.3 Å². The molecule has 33 heavy (non-hydrogen) atoms. The van der Waals surface area contributed by atoms with Crippen molar-refractivity contribution in [2.45, 2.75) is 13.8 Å². The van der Waals surface area contributed by atoms with E-state index in [0.717, 1.165) is 11.3 Å². The number of hydrogen-bond acceptors (Lipinski definition) is 8. The highest BCUT2D eigenvalue weighted by Gasteiger charge is 2.27. The number of nitrogens with one attached hydrogen (secondary N) is 1. The topological polar surface area (TPSA) is 103 Å². The Balaban J connectivity index is 2.36. The third kappa shape index (κ3) is 5.83. The quantitative estimate of drug-likeness (QED) is 0.436. The molecule has 10 heteroatoms. The summed E-state index contributed by atoms with van der Waals surface area (Å²) >= 11 is 1.03. The van der Waals surface area contributed by atoms with Crippen molar-refractivity contribution < 1.29 is 33.3 Å². The fourth-order valence-electron chi connectivity index (χ4n) is 2.98. The number of nitrogens with zero attached hydrogens (tertiary/aromatic N) is 1. The van der Waals surface area contributed by atoms with Crippen LogP contribution in [0.2, 0.25) is 0 Å². The summed E-state index contributed by atoms with van der Waals surface area (Å²) in [5.74, 6) is -0.0267. The van der Waals surface area contributed by atoms with Gasteiger partial charge < -0.3 is 29.2 Å². The third-order valence-corrected chi connectivity index (χ3v) is 5.77. The van der Waals surface area contributed by atoms with Crippen LogP contribution in [0.4, 0.5) is 5.00 Å². The number of carbonyl (C=O) groups is 3. The maximum atomic E-state index is 12.6. The second-order valence-corrected chi connectivity index (χ2v) is 7.98. The number of methoxy groups -OCH3 is 3. The second-order valence-electron chi connectivity index (χ2n) is 6.96. The summed E-state index contributed by atoms with van der Waals surface area (Å²) < 4.78 is 21.1. The van der Waals surface area contributed by atoms with Gasteiger partial charge in [-0.25, -0.2) is 4.79 Å². The molecule has 178 valence electrons. The molecule has 1 N–H and O–H groups in total. The van der Waals surface area contributed by atoms with Gasteiger partial charge in [-0.2, -0.15) is 0 Å². The average Bonchev–Trinajstić information content (AvgIpc) is 3.11. The molecule has 0 spiro atoms. The van der Waals surface area contributed by atoms with Crippen LogP contribution in [0.25, 0.3) is 6.08 Å². The number of thiophene rings is 1. The Morgan fingerprint density at radius 3 is 2.15 bits per heavy atom. The molecule has 0 saturated carbocycles. The van der Waals surface area contributed by atoms with Gasteiger partial charge in [-0.3, -0.25) is 9.59 Å². The zero-order valence-corrected chi connectivity index (χ0v) is 20.5. The average molecular weight is 477 g/mol. The van der Waals surface area contributed by atoms with Gasteiger partial charge in [0.25, 0.3) is 5.91 Å². The Morgan fingerprint density at radius 1 is 1.06 bits per heavy atom. The minimum absolute atomic E-state index is 0.166. The zero-order valence-electron chi connectivity index (χ0n) is 19.7. The van der Waals surface area contributed by atoms with E-state index in [9.17, 15) is 14.4 Å². The van der Waals surface area contributed by atoms with Gasteiger partial charge >= 0.3 is 5.97 Å². The molecular weight excluding hydrogens is 448 g/mol. The number of carbonyl (C=O) groups excluding carboxylic acids is 3. The molecular formula is C23H28N2O7S. The number of ether oxygens (including phenoxy) is 4. The maximum absolute atomic E-state index is 12.6. The summed E-state index contributed by atoms with van der Waals surface area (Å²) in [5.41, 5.74) is 1.26. The number of benzene rings is 1. The molecule has 0 unspecified atom stereocenters. The number of rotatable bonds is 9. The normalized spacial score (nSPS) is 10.6. The number of anilines is 1. The Morgan fingerprint density at radius 2 is 1.67 bits per heavy atom. The molecule has 0 atom stereocenters. The summed E-state index contributed by atoms with van der Waals surface area (Å²) in [6, 6.07) is 3.39. The van der Waals surface area contributed by atoms with Crippen molar-refractivity contribution in [1.82, 2.24) is 4.90 Å². The van der Waals surface area contributed by atoms with Crippen LogP contribution in [0.5, 0.6) is 17.2 Å². The molecule has 1 aromatic heterocycles. The van der Waals surface area contributed by atoms with E-state index in [-0.39, 0.29) is 23.1 Å². The molecule has 0 fully saturated rings. The Labute approximate surface area is 196 Å². The second kappa shape index (κ2) is 11.4. The van der Waals surface area contributed by atoms with E-state index in [1.54, 1.807) is 46.2 Å². The van der Waals surface area contributed by atoms with Crippen molar-refractivity contribution >= 4 is 40.2 Å². The van der Waals surface area contributed by atoms with Gasteiger partial charge in [-0.1, -0.05) is 0 Å². The summed E-state index contributed by atoms with van der Waals surface area (Å²) in [7, 11) is 7.73. The lowest BCUT2D eigenvalue weighted by Gasteiger charge is -2.12. The van der Waals surface area contributed by atoms with Crippen LogP contribution >= 0.6 is 11.3 Å². The van der Waals surface area contributed by atoms with E-state index in [2.05, 4.69) is 5.32 Å². The van der Waals surface area contributed by atoms with Crippen molar-refractivity contribution in [3.05, 3.63) is 39.8 Å². The van der Waals surface area contributed by atoms with Crippen molar-refractivity contribution in [3.63, 3.8) is 0 Å². The van der Waals surface area contributed by atoms with Gasteiger partial charge in [-0.15, -0.1) is 11.3 Å². The number of esters is 1. The molecule has 0 aliphatic rings. The smallest absolute Gasteiger partial charge is 0.341 e. The molecule has 0 bridgehead atoms. The fraction of sp³-hybridized carbons (Fsp3) is 0.348. The molecule has 0 aliphatic heterocycles. The number of hydrogen-bond donors (Lipinski definition) is 1. The molecule has 0 aliphatic carbocycles. The Kier molecular flexibility index (Phi) is 8.86. The van der Waals surface area contributed by atoms with E-state index in [0.29, 0.717) is 33.3 Å². The predicted molar refractivity (Wildman–Crippen MR) is 127 cm³/mol. The van der Waals surface area contributed by atoms with E-state index >= 15 is 0 Å². The van der Waals surface area contributed by atoms with Gasteiger partial charge in [-0.05, 0) is 43.2 Å². The first-order valence-corrected chi connectivity index (χ1v) is 10.8. The van der Waals surface area contributed by atoms with Crippen LogP contribution in [0.15, 0.2) is 18.2 Å². The number of amides is 2. The van der Waals surface area contributed by atoms with Crippen LogP contribution in [0.3, 0.4) is 0 Å². The van der Waals surface area contributed by atoms with Gasteiger partial charge in [0, 0.05) is 20.2 Å². The Bertz CT molecular complexity index is 1050.